The van der Waals surface area contributed by atoms with Gasteiger partial charge in [-0.05, 0) is 12.1 Å². The van der Waals surface area contributed by atoms with Crippen LogP contribution in [0.15, 0.2) is 36.8 Å². The molecule has 0 atom stereocenters. The fourth-order valence-corrected chi connectivity index (χ4v) is 1.48. The highest BCUT2D eigenvalue weighted by atomic mass is 16.5. The molecule has 0 radical (unpaired) electrons. The van der Waals surface area contributed by atoms with Gasteiger partial charge in [-0.2, -0.15) is 0 Å². The molecule has 0 spiro atoms. The van der Waals surface area contributed by atoms with E-state index < -0.39 is 5.91 Å². The smallest absolute Gasteiger partial charge is 0.250 e. The van der Waals surface area contributed by atoms with Crippen LogP contribution in [0.3, 0.4) is 0 Å². The normalized spacial score (nSPS) is 9.94. The number of ether oxygens (including phenoxy) is 1. The van der Waals surface area contributed by atoms with E-state index in [9.17, 15) is 4.79 Å². The maximum absolute atomic E-state index is 11.1. The molecule has 86 valence electrons. The van der Waals surface area contributed by atoms with Gasteiger partial charge >= 0.3 is 0 Å². The van der Waals surface area contributed by atoms with E-state index in [2.05, 4.69) is 9.97 Å². The Kier molecular flexibility index (Phi) is 3.00. The minimum absolute atomic E-state index is 0.338. The first kappa shape index (κ1) is 11.1. The topological polar surface area (TPSA) is 78.1 Å². The van der Waals surface area contributed by atoms with E-state index in [-0.39, 0.29) is 0 Å². The lowest BCUT2D eigenvalue weighted by Crippen LogP contribution is -2.11. The van der Waals surface area contributed by atoms with Crippen molar-refractivity contribution in [3.63, 3.8) is 0 Å². The van der Waals surface area contributed by atoms with Crippen LogP contribution in [0.4, 0.5) is 0 Å². The summed E-state index contributed by atoms with van der Waals surface area (Å²) in [5, 5.41) is 0. The summed E-state index contributed by atoms with van der Waals surface area (Å²) in [7, 11) is 1.52. The first-order valence-electron chi connectivity index (χ1n) is 4.96. The zero-order valence-electron chi connectivity index (χ0n) is 9.25. The maximum Gasteiger partial charge on any atom is 0.250 e. The SMILES string of the molecule is COc1ncc(C(N)=O)cc1-c1cccnc1. The molecule has 1 amide bonds. The summed E-state index contributed by atoms with van der Waals surface area (Å²) < 4.78 is 5.14. The zero-order valence-corrected chi connectivity index (χ0v) is 9.25. The fraction of sp³-hybridized carbons (Fsp3) is 0.0833. The summed E-state index contributed by atoms with van der Waals surface area (Å²) in [6.45, 7) is 0. The Bertz CT molecular complexity index is 541. The summed E-state index contributed by atoms with van der Waals surface area (Å²) in [6, 6.07) is 5.30. The molecule has 0 fully saturated rings. The second-order valence-corrected chi connectivity index (χ2v) is 3.39. The Morgan fingerprint density at radius 1 is 1.41 bits per heavy atom. The molecule has 5 nitrogen and oxygen atoms in total. The first-order valence-corrected chi connectivity index (χ1v) is 4.96. The van der Waals surface area contributed by atoms with E-state index in [1.807, 2.05) is 6.07 Å². The van der Waals surface area contributed by atoms with Crippen molar-refractivity contribution in [1.82, 2.24) is 9.97 Å². The number of hydrogen-bond donors (Lipinski definition) is 1. The first-order chi connectivity index (χ1) is 8.22. The molecule has 0 aliphatic carbocycles. The van der Waals surface area contributed by atoms with Crippen molar-refractivity contribution in [2.75, 3.05) is 7.11 Å². The van der Waals surface area contributed by atoms with Crippen LogP contribution in [0.5, 0.6) is 5.88 Å². The number of rotatable bonds is 3. The monoisotopic (exact) mass is 229 g/mol. The Morgan fingerprint density at radius 3 is 2.82 bits per heavy atom. The number of primary amides is 1. The van der Waals surface area contributed by atoms with Gasteiger partial charge in [-0.15, -0.1) is 0 Å². The van der Waals surface area contributed by atoms with Crippen LogP contribution in [0.1, 0.15) is 10.4 Å². The maximum atomic E-state index is 11.1. The molecule has 2 aromatic heterocycles. The van der Waals surface area contributed by atoms with Crippen molar-refractivity contribution >= 4 is 5.91 Å². The molecule has 17 heavy (non-hydrogen) atoms. The predicted molar refractivity (Wildman–Crippen MR) is 62.5 cm³/mol. The molecule has 0 unspecified atom stereocenters. The highest BCUT2D eigenvalue weighted by molar-refractivity contribution is 5.94. The van der Waals surface area contributed by atoms with Crippen molar-refractivity contribution in [3.05, 3.63) is 42.4 Å². The third kappa shape index (κ3) is 2.23. The van der Waals surface area contributed by atoms with Gasteiger partial charge in [-0.1, -0.05) is 6.07 Å². The molecular weight excluding hydrogens is 218 g/mol. The molecule has 0 aliphatic rings. The molecule has 2 N–H and O–H groups in total. The molecule has 0 saturated heterocycles. The van der Waals surface area contributed by atoms with E-state index >= 15 is 0 Å². The highest BCUT2D eigenvalue weighted by Crippen LogP contribution is 2.27. The van der Waals surface area contributed by atoms with Crippen molar-refractivity contribution in [1.29, 1.82) is 0 Å². The van der Waals surface area contributed by atoms with Gasteiger partial charge < -0.3 is 10.5 Å². The lowest BCUT2D eigenvalue weighted by Gasteiger charge is -2.08. The van der Waals surface area contributed by atoms with E-state index in [0.29, 0.717) is 17.0 Å². The van der Waals surface area contributed by atoms with Crippen LogP contribution >= 0.6 is 0 Å². The van der Waals surface area contributed by atoms with Gasteiger partial charge in [0.1, 0.15) is 0 Å². The van der Waals surface area contributed by atoms with Crippen LogP contribution in [-0.2, 0) is 0 Å². The van der Waals surface area contributed by atoms with Gasteiger partial charge in [0.05, 0.1) is 12.7 Å². The molecule has 0 aliphatic heterocycles. The number of nitrogens with two attached hydrogens (primary N) is 1. The molecule has 2 rings (SSSR count). The third-order valence-electron chi connectivity index (χ3n) is 2.30. The quantitative estimate of drug-likeness (QED) is 0.859. The minimum atomic E-state index is -0.523. The number of nitrogens with zero attached hydrogens (tertiary/aromatic N) is 2. The van der Waals surface area contributed by atoms with Gasteiger partial charge in [0.15, 0.2) is 0 Å². The van der Waals surface area contributed by atoms with Crippen molar-refractivity contribution in [2.24, 2.45) is 5.73 Å². The van der Waals surface area contributed by atoms with E-state index in [4.69, 9.17) is 10.5 Å². The molecule has 5 heteroatoms. The number of hydrogen-bond acceptors (Lipinski definition) is 4. The van der Waals surface area contributed by atoms with E-state index in [0.717, 1.165) is 5.56 Å². The Balaban J connectivity index is 2.58. The summed E-state index contributed by atoms with van der Waals surface area (Å²) in [5.41, 5.74) is 7.07. The molecule has 0 bridgehead atoms. The zero-order chi connectivity index (χ0) is 12.3. The molecular formula is C12H11N3O2. The van der Waals surface area contributed by atoms with Crippen molar-refractivity contribution < 1.29 is 9.53 Å². The number of amides is 1. The third-order valence-corrected chi connectivity index (χ3v) is 2.30. The van der Waals surface area contributed by atoms with Crippen molar-refractivity contribution in [2.45, 2.75) is 0 Å². The highest BCUT2D eigenvalue weighted by Gasteiger charge is 2.10. The summed E-state index contributed by atoms with van der Waals surface area (Å²) in [4.78, 5) is 19.2. The molecule has 2 aromatic rings. The standard InChI is InChI=1S/C12H11N3O2/c1-17-12-10(8-3-2-4-14-6-8)5-9(7-15-12)11(13)16/h2-7H,1H3,(H2,13,16). The summed E-state index contributed by atoms with van der Waals surface area (Å²) >= 11 is 0. The molecule has 2 heterocycles. The van der Waals surface area contributed by atoms with Gasteiger partial charge in [-0.25, -0.2) is 4.98 Å². The number of carbonyl (C=O) groups is 1. The van der Waals surface area contributed by atoms with Gasteiger partial charge in [0, 0.05) is 29.7 Å². The predicted octanol–water partition coefficient (Wildman–Crippen LogP) is 1.25. The molecule has 0 aromatic carbocycles. The van der Waals surface area contributed by atoms with Crippen LogP contribution in [0, 0.1) is 0 Å². The van der Waals surface area contributed by atoms with E-state index in [1.54, 1.807) is 24.5 Å². The number of methoxy groups -OCH3 is 1. The Labute approximate surface area is 98.3 Å². The van der Waals surface area contributed by atoms with E-state index in [1.165, 1.54) is 13.3 Å². The second kappa shape index (κ2) is 4.61. The van der Waals surface area contributed by atoms with Crippen LogP contribution in [0.25, 0.3) is 11.1 Å². The Morgan fingerprint density at radius 2 is 2.24 bits per heavy atom. The summed E-state index contributed by atoms with van der Waals surface area (Å²) in [6.07, 6.45) is 4.73. The van der Waals surface area contributed by atoms with Gasteiger partial charge in [-0.3, -0.25) is 9.78 Å². The molecule has 0 saturated carbocycles. The number of carbonyl (C=O) groups excluding carboxylic acids is 1. The van der Waals surface area contributed by atoms with Crippen LogP contribution in [-0.4, -0.2) is 23.0 Å². The Hall–Kier alpha value is -2.43. The lowest BCUT2D eigenvalue weighted by atomic mass is 10.1. The second-order valence-electron chi connectivity index (χ2n) is 3.39. The lowest BCUT2D eigenvalue weighted by molar-refractivity contribution is 0.1000. The average Bonchev–Trinajstić information content (AvgIpc) is 2.39. The van der Waals surface area contributed by atoms with Gasteiger partial charge in [0.2, 0.25) is 11.8 Å². The van der Waals surface area contributed by atoms with Crippen LogP contribution in [0.2, 0.25) is 0 Å². The van der Waals surface area contributed by atoms with Crippen molar-refractivity contribution in [3.8, 4) is 17.0 Å². The summed E-state index contributed by atoms with van der Waals surface area (Å²) in [5.74, 6) is -0.0895. The number of aromatic nitrogens is 2. The largest absolute Gasteiger partial charge is 0.481 e. The number of pyridine rings is 2. The average molecular weight is 229 g/mol. The van der Waals surface area contributed by atoms with Gasteiger partial charge in [0.25, 0.3) is 0 Å². The van der Waals surface area contributed by atoms with Crippen LogP contribution < -0.4 is 10.5 Å². The minimum Gasteiger partial charge on any atom is -0.481 e. The fourth-order valence-electron chi connectivity index (χ4n) is 1.48.